The normalized spacial score (nSPS) is 11.7. The lowest BCUT2D eigenvalue weighted by molar-refractivity contribution is 0.402. The maximum atomic E-state index is 5.61. The van der Waals surface area contributed by atoms with Gasteiger partial charge in [0.2, 0.25) is 0 Å². The Morgan fingerprint density at radius 1 is 1.12 bits per heavy atom. The van der Waals surface area contributed by atoms with Crippen molar-refractivity contribution in [3.8, 4) is 11.5 Å². The van der Waals surface area contributed by atoms with E-state index in [1.807, 2.05) is 45.0 Å². The van der Waals surface area contributed by atoms with Crippen molar-refractivity contribution in [2.45, 2.75) is 26.2 Å². The number of hydrogen-bond donors (Lipinski definition) is 1. The van der Waals surface area contributed by atoms with Crippen molar-refractivity contribution in [3.05, 3.63) is 30.1 Å². The van der Waals surface area contributed by atoms with E-state index in [2.05, 4.69) is 10.1 Å². The maximum absolute atomic E-state index is 5.61. The van der Waals surface area contributed by atoms with Gasteiger partial charge in [-0.05, 0) is 24.3 Å². The van der Waals surface area contributed by atoms with E-state index in [0.717, 1.165) is 11.3 Å². The van der Waals surface area contributed by atoms with Crippen molar-refractivity contribution >= 4 is 5.69 Å². The van der Waals surface area contributed by atoms with Gasteiger partial charge in [0.15, 0.2) is 5.82 Å². The molecular weight excluding hydrogens is 202 g/mol. The first-order valence-electron chi connectivity index (χ1n) is 5.17. The molecule has 0 atom stereocenters. The fraction of sp³-hybridized carbons (Fsp3) is 0.333. The zero-order chi connectivity index (χ0) is 11.8. The zero-order valence-corrected chi connectivity index (χ0v) is 9.69. The minimum atomic E-state index is -0.102. The summed E-state index contributed by atoms with van der Waals surface area (Å²) < 4.78 is 5.22. The highest BCUT2D eigenvalue weighted by atomic mass is 16.5. The molecule has 16 heavy (non-hydrogen) atoms. The number of nitrogens with zero attached hydrogens (tertiary/aromatic N) is 2. The van der Waals surface area contributed by atoms with Gasteiger partial charge in [-0.25, -0.2) is 0 Å². The van der Waals surface area contributed by atoms with E-state index < -0.39 is 0 Å². The number of anilines is 1. The van der Waals surface area contributed by atoms with Crippen LogP contribution in [0.25, 0.3) is 11.5 Å². The Hall–Kier alpha value is -1.84. The molecule has 0 saturated carbocycles. The Morgan fingerprint density at radius 2 is 1.75 bits per heavy atom. The van der Waals surface area contributed by atoms with Crippen LogP contribution in [0.4, 0.5) is 5.69 Å². The molecule has 0 bridgehead atoms. The molecule has 2 aromatic rings. The van der Waals surface area contributed by atoms with Crippen LogP contribution in [0, 0.1) is 0 Å². The van der Waals surface area contributed by atoms with Gasteiger partial charge in [0.05, 0.1) is 0 Å². The van der Waals surface area contributed by atoms with Crippen LogP contribution in [0.5, 0.6) is 0 Å². The first-order valence-corrected chi connectivity index (χ1v) is 5.17. The minimum absolute atomic E-state index is 0.102. The van der Waals surface area contributed by atoms with Crippen LogP contribution in [0.2, 0.25) is 0 Å². The molecule has 4 heteroatoms. The van der Waals surface area contributed by atoms with Crippen molar-refractivity contribution < 1.29 is 4.52 Å². The zero-order valence-electron chi connectivity index (χ0n) is 9.69. The molecule has 0 saturated heterocycles. The van der Waals surface area contributed by atoms with Crippen LogP contribution in [0.1, 0.15) is 26.6 Å². The average molecular weight is 217 g/mol. The number of benzene rings is 1. The van der Waals surface area contributed by atoms with E-state index in [1.54, 1.807) is 0 Å². The second-order valence-corrected chi connectivity index (χ2v) is 4.80. The molecular formula is C12H15N3O. The summed E-state index contributed by atoms with van der Waals surface area (Å²) in [4.78, 5) is 4.36. The molecule has 0 spiro atoms. The number of nitrogens with two attached hydrogens (primary N) is 1. The lowest BCUT2D eigenvalue weighted by atomic mass is 9.96. The smallest absolute Gasteiger partial charge is 0.257 e. The van der Waals surface area contributed by atoms with Gasteiger partial charge in [-0.3, -0.25) is 0 Å². The Bertz CT molecular complexity index is 480. The van der Waals surface area contributed by atoms with Crippen LogP contribution in [-0.2, 0) is 5.41 Å². The average Bonchev–Trinajstić information content (AvgIpc) is 2.67. The summed E-state index contributed by atoms with van der Waals surface area (Å²) >= 11 is 0. The monoisotopic (exact) mass is 217 g/mol. The Morgan fingerprint density at radius 3 is 2.25 bits per heavy atom. The third-order valence-electron chi connectivity index (χ3n) is 2.25. The van der Waals surface area contributed by atoms with E-state index in [4.69, 9.17) is 10.3 Å². The molecule has 84 valence electrons. The molecule has 0 aliphatic rings. The van der Waals surface area contributed by atoms with Gasteiger partial charge in [0.1, 0.15) is 0 Å². The number of hydrogen-bond acceptors (Lipinski definition) is 4. The first-order chi connectivity index (χ1) is 7.47. The maximum Gasteiger partial charge on any atom is 0.257 e. The van der Waals surface area contributed by atoms with Crippen LogP contribution >= 0.6 is 0 Å². The Balaban J connectivity index is 2.35. The molecule has 1 aromatic heterocycles. The molecule has 0 amide bonds. The number of aromatic nitrogens is 2. The minimum Gasteiger partial charge on any atom is -0.399 e. The summed E-state index contributed by atoms with van der Waals surface area (Å²) in [5.74, 6) is 1.24. The lowest BCUT2D eigenvalue weighted by Crippen LogP contribution is -2.13. The van der Waals surface area contributed by atoms with E-state index in [9.17, 15) is 0 Å². The van der Waals surface area contributed by atoms with Crippen LogP contribution in [0.15, 0.2) is 28.8 Å². The second kappa shape index (κ2) is 3.63. The Labute approximate surface area is 94.5 Å². The summed E-state index contributed by atoms with van der Waals surface area (Å²) in [7, 11) is 0. The highest BCUT2D eigenvalue weighted by Gasteiger charge is 2.21. The van der Waals surface area contributed by atoms with Gasteiger partial charge < -0.3 is 10.3 Å². The number of rotatable bonds is 1. The molecule has 2 N–H and O–H groups in total. The molecule has 2 rings (SSSR count). The van der Waals surface area contributed by atoms with E-state index in [0.29, 0.717) is 11.7 Å². The standard InChI is InChI=1S/C12H15N3O/c1-12(2,3)11-14-10(16-15-11)8-4-6-9(13)7-5-8/h4-7H,13H2,1-3H3. The predicted octanol–water partition coefficient (Wildman–Crippen LogP) is 2.62. The highest BCUT2D eigenvalue weighted by molar-refractivity contribution is 5.56. The van der Waals surface area contributed by atoms with Crippen molar-refractivity contribution in [1.82, 2.24) is 10.1 Å². The fourth-order valence-corrected chi connectivity index (χ4v) is 1.27. The molecule has 0 radical (unpaired) electrons. The van der Waals surface area contributed by atoms with E-state index >= 15 is 0 Å². The third-order valence-corrected chi connectivity index (χ3v) is 2.25. The summed E-state index contributed by atoms with van der Waals surface area (Å²) in [6, 6.07) is 7.37. The summed E-state index contributed by atoms with van der Waals surface area (Å²) in [6.45, 7) is 6.14. The molecule has 0 unspecified atom stereocenters. The van der Waals surface area contributed by atoms with Crippen molar-refractivity contribution in [2.24, 2.45) is 0 Å². The van der Waals surface area contributed by atoms with Gasteiger partial charge in [-0.1, -0.05) is 25.9 Å². The summed E-state index contributed by atoms with van der Waals surface area (Å²) in [5.41, 5.74) is 7.12. The second-order valence-electron chi connectivity index (χ2n) is 4.80. The van der Waals surface area contributed by atoms with Crippen molar-refractivity contribution in [3.63, 3.8) is 0 Å². The summed E-state index contributed by atoms with van der Waals surface area (Å²) in [6.07, 6.45) is 0. The SMILES string of the molecule is CC(C)(C)c1noc(-c2ccc(N)cc2)n1. The molecule has 1 aromatic carbocycles. The number of nitrogen functional groups attached to an aromatic ring is 1. The highest BCUT2D eigenvalue weighted by Crippen LogP contribution is 2.23. The van der Waals surface area contributed by atoms with E-state index in [-0.39, 0.29) is 5.41 Å². The summed E-state index contributed by atoms with van der Waals surface area (Å²) in [5, 5.41) is 3.97. The molecule has 4 nitrogen and oxygen atoms in total. The first kappa shape index (κ1) is 10.7. The quantitative estimate of drug-likeness (QED) is 0.746. The van der Waals surface area contributed by atoms with Crippen molar-refractivity contribution in [2.75, 3.05) is 5.73 Å². The van der Waals surface area contributed by atoms with Crippen LogP contribution < -0.4 is 5.73 Å². The lowest BCUT2D eigenvalue weighted by Gasteiger charge is -2.10. The van der Waals surface area contributed by atoms with Crippen molar-refractivity contribution in [1.29, 1.82) is 0 Å². The molecule has 1 heterocycles. The van der Waals surface area contributed by atoms with E-state index in [1.165, 1.54) is 0 Å². The van der Waals surface area contributed by atoms with Gasteiger partial charge >= 0.3 is 0 Å². The Kier molecular flexibility index (Phi) is 2.42. The van der Waals surface area contributed by atoms with Gasteiger partial charge in [-0.2, -0.15) is 4.98 Å². The topological polar surface area (TPSA) is 64.9 Å². The largest absolute Gasteiger partial charge is 0.399 e. The molecule has 0 aliphatic carbocycles. The molecule has 0 aliphatic heterocycles. The van der Waals surface area contributed by atoms with Crippen LogP contribution in [0.3, 0.4) is 0 Å². The van der Waals surface area contributed by atoms with Gasteiger partial charge in [-0.15, -0.1) is 0 Å². The predicted molar refractivity (Wildman–Crippen MR) is 62.8 cm³/mol. The van der Waals surface area contributed by atoms with Gasteiger partial charge in [0.25, 0.3) is 5.89 Å². The third kappa shape index (κ3) is 2.05. The molecule has 0 fully saturated rings. The van der Waals surface area contributed by atoms with Crippen LogP contribution in [-0.4, -0.2) is 10.1 Å². The fourth-order valence-electron chi connectivity index (χ4n) is 1.27. The van der Waals surface area contributed by atoms with Gasteiger partial charge in [0, 0.05) is 16.7 Å².